The normalized spacial score (nSPS) is 12.1. The van der Waals surface area contributed by atoms with Crippen molar-refractivity contribution in [2.24, 2.45) is 16.5 Å². The van der Waals surface area contributed by atoms with E-state index < -0.39 is 17.0 Å². The molecule has 3 rings (SSSR count). The zero-order valence-electron chi connectivity index (χ0n) is 22.1. The summed E-state index contributed by atoms with van der Waals surface area (Å²) in [5.74, 6) is -1.72. The number of nitrogens with two attached hydrogens (primary N) is 3. The molecule has 7 N–H and O–H groups in total. The van der Waals surface area contributed by atoms with E-state index in [0.29, 0.717) is 5.56 Å². The molecule has 13 heteroatoms. The number of hydrogen-bond donors (Lipinski definition) is 4. The van der Waals surface area contributed by atoms with Gasteiger partial charge in [0.2, 0.25) is 11.8 Å². The Balaban J connectivity index is 1.93. The number of halogens is 2. The first-order valence-corrected chi connectivity index (χ1v) is 13.5. The second-order valence-corrected chi connectivity index (χ2v) is 10.1. The number of amides is 2. The number of carbonyl (C=O) groups excluding carboxylic acids is 2. The lowest BCUT2D eigenvalue weighted by Gasteiger charge is -2.32. The molecule has 0 saturated carbocycles. The van der Waals surface area contributed by atoms with Crippen molar-refractivity contribution in [1.82, 2.24) is 10.3 Å². The molecule has 11 nitrogen and oxygen atoms in total. The fourth-order valence-corrected chi connectivity index (χ4v) is 4.98. The van der Waals surface area contributed by atoms with Crippen LogP contribution in [0.3, 0.4) is 0 Å². The highest BCUT2D eigenvalue weighted by Gasteiger charge is 2.31. The molecular weight excluding hydrogens is 569 g/mol. The van der Waals surface area contributed by atoms with Gasteiger partial charge in [-0.2, -0.15) is 0 Å². The molecule has 3 aromatic carbocycles. The number of nitrogens with zero attached hydrogens (tertiary/aromatic N) is 3. The smallest absolute Gasteiger partial charge is 0.251 e. The number of aliphatic imine (C=N–C) groups is 1. The third kappa shape index (κ3) is 9.09. The Morgan fingerprint density at radius 3 is 2.00 bits per heavy atom. The van der Waals surface area contributed by atoms with Crippen LogP contribution in [0.5, 0.6) is 0 Å². The summed E-state index contributed by atoms with van der Waals surface area (Å²) in [5.41, 5.74) is 21.6. The summed E-state index contributed by atoms with van der Waals surface area (Å²) in [5, 5.41) is 10.1. The highest BCUT2D eigenvalue weighted by molar-refractivity contribution is 6.38. The van der Waals surface area contributed by atoms with Crippen LogP contribution in [0.15, 0.2) is 77.8 Å². The maximum atomic E-state index is 14.0. The summed E-state index contributed by atoms with van der Waals surface area (Å²) >= 11 is 12.5. The van der Waals surface area contributed by atoms with E-state index in [9.17, 15) is 19.7 Å². The molecule has 0 fully saturated rings. The molecule has 1 atom stereocenters. The Bertz CT molecular complexity index is 1330. The van der Waals surface area contributed by atoms with Gasteiger partial charge in [-0.1, -0.05) is 89.3 Å². The van der Waals surface area contributed by atoms with Gasteiger partial charge in [-0.15, -0.1) is 0 Å². The molecule has 0 spiro atoms. The van der Waals surface area contributed by atoms with Crippen molar-refractivity contribution < 1.29 is 14.6 Å². The van der Waals surface area contributed by atoms with Gasteiger partial charge in [-0.05, 0) is 41.7 Å². The van der Waals surface area contributed by atoms with Crippen LogP contribution in [-0.2, 0) is 16.1 Å². The first-order valence-electron chi connectivity index (χ1n) is 12.7. The van der Waals surface area contributed by atoms with Crippen molar-refractivity contribution in [3.63, 3.8) is 0 Å². The van der Waals surface area contributed by atoms with Gasteiger partial charge in [0.05, 0.1) is 15.7 Å². The van der Waals surface area contributed by atoms with Crippen LogP contribution >= 0.6 is 23.2 Å². The maximum Gasteiger partial charge on any atom is 0.251 e. The standard InChI is InChI=1S/C28H31Cl2N7O4/c29-22-14-18(15-23(30)26(22)31)17-36(24(27(32)39)12-7-13-34-28(33)35-37(40)41)25(38)16-21(19-8-3-1-4-9-19)20-10-5-2-6-11-20/h1-6,8-11,14-15,21,24H,7,12-13,16-17,31H2,(H2,32,39)(H3,33,34,35)/t24-/m1/s1. The predicted octanol–water partition coefficient (Wildman–Crippen LogP) is 3.86. The highest BCUT2D eigenvalue weighted by Crippen LogP contribution is 2.32. The lowest BCUT2D eigenvalue weighted by molar-refractivity contribution is -0.525. The zero-order valence-corrected chi connectivity index (χ0v) is 23.6. The third-order valence-corrected chi connectivity index (χ3v) is 7.05. The van der Waals surface area contributed by atoms with Crippen LogP contribution < -0.4 is 22.6 Å². The zero-order chi connectivity index (χ0) is 29.9. The van der Waals surface area contributed by atoms with Crippen molar-refractivity contribution in [2.75, 3.05) is 12.3 Å². The average molecular weight is 601 g/mol. The van der Waals surface area contributed by atoms with E-state index in [0.717, 1.165) is 11.1 Å². The second kappa shape index (κ2) is 14.9. The molecule has 0 bridgehead atoms. The number of hydrogen-bond acceptors (Lipinski definition) is 6. The number of hydrazine groups is 1. The van der Waals surface area contributed by atoms with E-state index in [1.807, 2.05) is 60.7 Å². The Kier molecular flexibility index (Phi) is 11.3. The van der Waals surface area contributed by atoms with Crippen molar-refractivity contribution >= 4 is 46.7 Å². The molecule has 2 amide bonds. The minimum Gasteiger partial charge on any atom is -0.396 e. The third-order valence-electron chi connectivity index (χ3n) is 6.42. The molecule has 0 unspecified atom stereocenters. The Labute approximate surface area is 247 Å². The van der Waals surface area contributed by atoms with Crippen LogP contribution in [0.2, 0.25) is 10.0 Å². The van der Waals surface area contributed by atoms with Crippen LogP contribution in [0.4, 0.5) is 5.69 Å². The molecule has 216 valence electrons. The van der Waals surface area contributed by atoms with Crippen molar-refractivity contribution in [3.8, 4) is 0 Å². The van der Waals surface area contributed by atoms with Gasteiger partial charge in [0.1, 0.15) is 6.04 Å². The minimum atomic E-state index is -1.02. The fourth-order valence-electron chi connectivity index (χ4n) is 4.45. The van der Waals surface area contributed by atoms with E-state index >= 15 is 0 Å². The summed E-state index contributed by atoms with van der Waals surface area (Å²) in [7, 11) is 0. The lowest BCUT2D eigenvalue weighted by Crippen LogP contribution is -2.48. The van der Waals surface area contributed by atoms with Gasteiger partial charge >= 0.3 is 0 Å². The predicted molar refractivity (Wildman–Crippen MR) is 160 cm³/mol. The Morgan fingerprint density at radius 2 is 1.51 bits per heavy atom. The summed E-state index contributed by atoms with van der Waals surface area (Å²) in [4.78, 5) is 42.6. The molecule has 0 heterocycles. The van der Waals surface area contributed by atoms with Gasteiger partial charge in [0.15, 0.2) is 5.03 Å². The molecule has 0 aromatic heterocycles. The summed E-state index contributed by atoms with van der Waals surface area (Å²) in [6, 6.07) is 21.3. The van der Waals surface area contributed by atoms with Crippen molar-refractivity contribution in [2.45, 2.75) is 37.8 Å². The Morgan fingerprint density at radius 1 is 0.976 bits per heavy atom. The number of carbonyl (C=O) groups is 2. The first-order chi connectivity index (χ1) is 19.6. The molecular formula is C28H31Cl2N7O4. The SMILES string of the molecule is NC(=O)[C@@H](CCCN=C(N)N[N+](=O)[O-])N(Cc1cc(Cl)c(N)c(Cl)c1)C(=O)CC(c1ccccc1)c1ccccc1. The van der Waals surface area contributed by atoms with Crippen LogP contribution in [0, 0.1) is 10.1 Å². The highest BCUT2D eigenvalue weighted by atomic mass is 35.5. The average Bonchev–Trinajstić information content (AvgIpc) is 2.94. The number of guanidine groups is 1. The van der Waals surface area contributed by atoms with Crippen LogP contribution in [-0.4, -0.2) is 40.3 Å². The number of anilines is 1. The summed E-state index contributed by atoms with van der Waals surface area (Å²) < 4.78 is 0. The number of nitrogens with one attached hydrogen (secondary N) is 1. The van der Waals surface area contributed by atoms with E-state index in [4.69, 9.17) is 40.4 Å². The van der Waals surface area contributed by atoms with Gasteiger partial charge in [0.25, 0.3) is 5.96 Å². The molecule has 0 aliphatic heterocycles. The van der Waals surface area contributed by atoms with Gasteiger partial charge in [-0.25, -0.2) is 15.1 Å². The maximum absolute atomic E-state index is 14.0. The molecule has 0 aliphatic rings. The largest absolute Gasteiger partial charge is 0.396 e. The Hall–Kier alpha value is -4.35. The summed E-state index contributed by atoms with van der Waals surface area (Å²) in [6.45, 7) is 0.0470. The lowest BCUT2D eigenvalue weighted by atomic mass is 9.88. The van der Waals surface area contributed by atoms with Crippen molar-refractivity contribution in [1.29, 1.82) is 0 Å². The molecule has 0 aliphatic carbocycles. The second-order valence-electron chi connectivity index (χ2n) is 9.27. The van der Waals surface area contributed by atoms with E-state index in [1.165, 1.54) is 4.90 Å². The van der Waals surface area contributed by atoms with Gasteiger partial charge in [-0.3, -0.25) is 9.59 Å². The van der Waals surface area contributed by atoms with E-state index in [1.54, 1.807) is 17.6 Å². The van der Waals surface area contributed by atoms with Gasteiger partial charge < -0.3 is 22.1 Å². The molecule has 41 heavy (non-hydrogen) atoms. The fraction of sp³-hybridized carbons (Fsp3) is 0.250. The molecule has 0 saturated heterocycles. The summed E-state index contributed by atoms with van der Waals surface area (Å²) in [6.07, 6.45) is 0.446. The number of nitrogen functional groups attached to an aromatic ring is 1. The van der Waals surface area contributed by atoms with Crippen LogP contribution in [0.25, 0.3) is 0 Å². The minimum absolute atomic E-state index is 0.0171. The molecule has 3 aromatic rings. The van der Waals surface area contributed by atoms with Crippen molar-refractivity contribution in [3.05, 3.63) is 110 Å². The molecule has 0 radical (unpaired) electrons. The van der Waals surface area contributed by atoms with Gasteiger partial charge in [0, 0.05) is 25.4 Å². The monoisotopic (exact) mass is 599 g/mol. The number of primary amides is 1. The van der Waals surface area contributed by atoms with E-state index in [2.05, 4.69) is 4.99 Å². The number of benzene rings is 3. The number of rotatable bonds is 13. The quantitative estimate of drug-likeness (QED) is 0.0573. The van der Waals surface area contributed by atoms with Crippen LogP contribution in [0.1, 0.15) is 41.9 Å². The topological polar surface area (TPSA) is 183 Å². The number of nitro groups is 1. The van der Waals surface area contributed by atoms with E-state index in [-0.39, 0.29) is 65.9 Å². The first kappa shape index (κ1) is 31.2.